The standard InChI is InChI=1S/C10H11ClO3S/c1-10(2,3)14-9(13)8(12)6-4-5-7(11)15-6/h4-5H,1-3H3. The first-order valence-corrected chi connectivity index (χ1v) is 5.52. The maximum Gasteiger partial charge on any atom is 0.381 e. The molecule has 0 saturated heterocycles. The Labute approximate surface area is 97.0 Å². The molecular formula is C10H11ClO3S. The van der Waals surface area contributed by atoms with Crippen molar-refractivity contribution >= 4 is 34.7 Å². The molecule has 1 heterocycles. The van der Waals surface area contributed by atoms with Gasteiger partial charge in [-0.2, -0.15) is 0 Å². The van der Waals surface area contributed by atoms with Crippen molar-refractivity contribution in [3.8, 4) is 0 Å². The van der Waals surface area contributed by atoms with Gasteiger partial charge in [-0.3, -0.25) is 4.79 Å². The Bertz CT molecular complexity index is 390. The molecule has 82 valence electrons. The zero-order valence-corrected chi connectivity index (χ0v) is 10.2. The van der Waals surface area contributed by atoms with Gasteiger partial charge in [0.05, 0.1) is 9.21 Å². The van der Waals surface area contributed by atoms with Gasteiger partial charge in [0.2, 0.25) is 0 Å². The van der Waals surface area contributed by atoms with Crippen LogP contribution in [0.25, 0.3) is 0 Å². The van der Waals surface area contributed by atoms with Crippen molar-refractivity contribution in [1.82, 2.24) is 0 Å². The van der Waals surface area contributed by atoms with Gasteiger partial charge in [-0.05, 0) is 32.9 Å². The summed E-state index contributed by atoms with van der Waals surface area (Å²) in [5.74, 6) is -1.50. The van der Waals surface area contributed by atoms with Crippen LogP contribution in [0, 0.1) is 0 Å². The van der Waals surface area contributed by atoms with E-state index in [4.69, 9.17) is 16.3 Å². The van der Waals surface area contributed by atoms with Gasteiger partial charge in [0, 0.05) is 0 Å². The van der Waals surface area contributed by atoms with Crippen LogP contribution < -0.4 is 0 Å². The maximum absolute atomic E-state index is 11.5. The van der Waals surface area contributed by atoms with E-state index in [1.54, 1.807) is 26.8 Å². The van der Waals surface area contributed by atoms with Crippen molar-refractivity contribution < 1.29 is 14.3 Å². The van der Waals surface area contributed by atoms with E-state index in [-0.39, 0.29) is 0 Å². The number of esters is 1. The molecule has 1 aromatic rings. The minimum absolute atomic E-state index is 0.300. The summed E-state index contributed by atoms with van der Waals surface area (Å²) in [5, 5.41) is 0. The fourth-order valence-electron chi connectivity index (χ4n) is 0.861. The van der Waals surface area contributed by atoms with E-state index in [1.807, 2.05) is 0 Å². The van der Waals surface area contributed by atoms with Gasteiger partial charge < -0.3 is 4.74 Å². The molecule has 0 spiro atoms. The Morgan fingerprint density at radius 3 is 2.33 bits per heavy atom. The van der Waals surface area contributed by atoms with Gasteiger partial charge >= 0.3 is 5.97 Å². The summed E-state index contributed by atoms with van der Waals surface area (Å²) in [6.45, 7) is 5.12. The Morgan fingerprint density at radius 2 is 1.93 bits per heavy atom. The van der Waals surface area contributed by atoms with Gasteiger partial charge in [-0.1, -0.05) is 11.6 Å². The number of ether oxygens (including phenoxy) is 1. The Kier molecular flexibility index (Phi) is 3.52. The molecule has 0 saturated carbocycles. The van der Waals surface area contributed by atoms with E-state index in [2.05, 4.69) is 0 Å². The van der Waals surface area contributed by atoms with Crippen molar-refractivity contribution in [2.45, 2.75) is 26.4 Å². The van der Waals surface area contributed by atoms with Crippen LogP contribution in [0.3, 0.4) is 0 Å². The number of rotatable bonds is 2. The highest BCUT2D eigenvalue weighted by atomic mass is 35.5. The number of carbonyl (C=O) groups is 2. The first kappa shape index (κ1) is 12.2. The van der Waals surface area contributed by atoms with Crippen LogP contribution in [0.2, 0.25) is 4.34 Å². The molecule has 0 atom stereocenters. The lowest BCUT2D eigenvalue weighted by molar-refractivity contribution is -0.148. The van der Waals surface area contributed by atoms with Crippen LogP contribution in [0.1, 0.15) is 30.4 Å². The largest absolute Gasteiger partial charge is 0.454 e. The SMILES string of the molecule is CC(C)(C)OC(=O)C(=O)c1ccc(Cl)s1. The molecule has 5 heteroatoms. The summed E-state index contributed by atoms with van der Waals surface area (Å²) in [5.41, 5.74) is -0.659. The summed E-state index contributed by atoms with van der Waals surface area (Å²) in [7, 11) is 0. The molecule has 1 rings (SSSR count). The van der Waals surface area contributed by atoms with E-state index in [0.717, 1.165) is 11.3 Å². The normalized spacial score (nSPS) is 11.2. The lowest BCUT2D eigenvalue weighted by atomic mass is 10.2. The second-order valence-electron chi connectivity index (χ2n) is 3.93. The zero-order chi connectivity index (χ0) is 11.6. The molecule has 0 aliphatic carbocycles. The Balaban J connectivity index is 2.74. The van der Waals surface area contributed by atoms with E-state index in [9.17, 15) is 9.59 Å². The summed E-state index contributed by atoms with van der Waals surface area (Å²) >= 11 is 6.72. The molecule has 0 unspecified atom stereocenters. The molecule has 0 bridgehead atoms. The molecule has 0 aliphatic heterocycles. The number of thiophene rings is 1. The minimum atomic E-state index is -0.846. The van der Waals surface area contributed by atoms with Crippen molar-refractivity contribution in [3.63, 3.8) is 0 Å². The van der Waals surface area contributed by atoms with Crippen LogP contribution in [0.15, 0.2) is 12.1 Å². The van der Waals surface area contributed by atoms with E-state index < -0.39 is 17.4 Å². The molecule has 0 aromatic carbocycles. The maximum atomic E-state index is 11.5. The van der Waals surface area contributed by atoms with Crippen LogP contribution in [0.5, 0.6) is 0 Å². The second kappa shape index (κ2) is 4.33. The molecule has 0 fully saturated rings. The summed E-state index contributed by atoms with van der Waals surface area (Å²) in [6.07, 6.45) is 0. The number of hydrogen-bond acceptors (Lipinski definition) is 4. The molecule has 15 heavy (non-hydrogen) atoms. The zero-order valence-electron chi connectivity index (χ0n) is 8.67. The third-order valence-corrected chi connectivity index (χ3v) is 2.61. The number of ketones is 1. The average molecular weight is 247 g/mol. The van der Waals surface area contributed by atoms with Gasteiger partial charge in [0.25, 0.3) is 5.78 Å². The first-order valence-electron chi connectivity index (χ1n) is 4.32. The topological polar surface area (TPSA) is 43.4 Å². The van der Waals surface area contributed by atoms with Gasteiger partial charge in [0.15, 0.2) is 0 Å². The summed E-state index contributed by atoms with van der Waals surface area (Å²) in [6, 6.07) is 3.09. The Morgan fingerprint density at radius 1 is 1.33 bits per heavy atom. The van der Waals surface area contributed by atoms with Gasteiger partial charge in [-0.25, -0.2) is 4.79 Å². The number of carbonyl (C=O) groups excluding carboxylic acids is 2. The van der Waals surface area contributed by atoms with Gasteiger partial charge in [-0.15, -0.1) is 11.3 Å². The fraction of sp³-hybridized carbons (Fsp3) is 0.400. The smallest absolute Gasteiger partial charge is 0.381 e. The lowest BCUT2D eigenvalue weighted by Crippen LogP contribution is -2.28. The minimum Gasteiger partial charge on any atom is -0.454 e. The Hall–Kier alpha value is -0.870. The van der Waals surface area contributed by atoms with Crippen LogP contribution in [-0.2, 0) is 9.53 Å². The summed E-state index contributed by atoms with van der Waals surface area (Å²) < 4.78 is 5.41. The number of Topliss-reactive ketones (excluding diaryl/α,β-unsaturated/α-hetero) is 1. The third-order valence-electron chi connectivity index (χ3n) is 1.38. The van der Waals surface area contributed by atoms with Crippen molar-refractivity contribution in [2.24, 2.45) is 0 Å². The highest BCUT2D eigenvalue weighted by Gasteiger charge is 2.24. The predicted octanol–water partition coefficient (Wildman–Crippen LogP) is 2.93. The third kappa shape index (κ3) is 3.64. The van der Waals surface area contributed by atoms with Crippen molar-refractivity contribution in [1.29, 1.82) is 0 Å². The van der Waals surface area contributed by atoms with Crippen molar-refractivity contribution in [2.75, 3.05) is 0 Å². The number of halogens is 1. The van der Waals surface area contributed by atoms with Crippen LogP contribution >= 0.6 is 22.9 Å². The quantitative estimate of drug-likeness (QED) is 0.458. The molecule has 0 amide bonds. The highest BCUT2D eigenvalue weighted by molar-refractivity contribution is 7.18. The van der Waals surface area contributed by atoms with Crippen molar-refractivity contribution in [3.05, 3.63) is 21.3 Å². The highest BCUT2D eigenvalue weighted by Crippen LogP contribution is 2.22. The molecular weight excluding hydrogens is 236 g/mol. The number of hydrogen-bond donors (Lipinski definition) is 0. The van der Waals surface area contributed by atoms with E-state index in [0.29, 0.717) is 9.21 Å². The van der Waals surface area contributed by atoms with Crippen LogP contribution in [0.4, 0.5) is 0 Å². The fourth-order valence-corrected chi connectivity index (χ4v) is 1.83. The molecule has 0 radical (unpaired) electrons. The monoisotopic (exact) mass is 246 g/mol. The first-order chi connectivity index (χ1) is 6.79. The average Bonchev–Trinajstić information content (AvgIpc) is 2.47. The second-order valence-corrected chi connectivity index (χ2v) is 5.65. The summed E-state index contributed by atoms with van der Waals surface area (Å²) in [4.78, 5) is 23.2. The van der Waals surface area contributed by atoms with E-state index >= 15 is 0 Å². The molecule has 0 N–H and O–H groups in total. The molecule has 1 aromatic heterocycles. The van der Waals surface area contributed by atoms with Gasteiger partial charge in [0.1, 0.15) is 5.60 Å². The molecule has 3 nitrogen and oxygen atoms in total. The molecule has 0 aliphatic rings. The van der Waals surface area contributed by atoms with Crippen LogP contribution in [-0.4, -0.2) is 17.4 Å². The van der Waals surface area contributed by atoms with E-state index in [1.165, 1.54) is 6.07 Å². The lowest BCUT2D eigenvalue weighted by Gasteiger charge is -2.18. The predicted molar refractivity (Wildman–Crippen MR) is 59.5 cm³/mol.